The normalized spacial score (nSPS) is 12.4. The molecule has 0 bridgehead atoms. The highest BCUT2D eigenvalue weighted by Crippen LogP contribution is 2.21. The summed E-state index contributed by atoms with van der Waals surface area (Å²) >= 11 is 0. The van der Waals surface area contributed by atoms with Gasteiger partial charge in [-0.25, -0.2) is 0 Å². The zero-order chi connectivity index (χ0) is 14.4. The zero-order valence-corrected chi connectivity index (χ0v) is 12.0. The van der Waals surface area contributed by atoms with Gasteiger partial charge >= 0.3 is 0 Å². The predicted octanol–water partition coefficient (Wildman–Crippen LogP) is 2.07. The number of rotatable bonds is 6. The van der Waals surface area contributed by atoms with E-state index in [1.807, 2.05) is 50.5 Å². The van der Waals surface area contributed by atoms with Gasteiger partial charge in [0.25, 0.3) is 0 Å². The monoisotopic (exact) mass is 271 g/mol. The van der Waals surface area contributed by atoms with Crippen LogP contribution in [0.25, 0.3) is 0 Å². The van der Waals surface area contributed by atoms with Gasteiger partial charge in [-0.3, -0.25) is 4.98 Å². The lowest BCUT2D eigenvalue weighted by Crippen LogP contribution is -2.19. The van der Waals surface area contributed by atoms with Crippen LogP contribution in [-0.4, -0.2) is 37.1 Å². The third-order valence-electron chi connectivity index (χ3n) is 3.11. The van der Waals surface area contributed by atoms with E-state index in [9.17, 15) is 0 Å². The number of likely N-dealkylation sites (N-methyl/N-ethyl adjacent to an activating group) is 1. The highest BCUT2D eigenvalue weighted by atomic mass is 16.5. The SMILES string of the molecule is CN(C)CCOc1ccc(C(N)c2ccncc2)cc1. The highest BCUT2D eigenvalue weighted by Gasteiger charge is 2.08. The lowest BCUT2D eigenvalue weighted by atomic mass is 10.0. The van der Waals surface area contributed by atoms with Crippen molar-refractivity contribution >= 4 is 0 Å². The van der Waals surface area contributed by atoms with Crippen LogP contribution in [-0.2, 0) is 0 Å². The van der Waals surface area contributed by atoms with E-state index in [4.69, 9.17) is 10.5 Å². The number of pyridine rings is 1. The maximum atomic E-state index is 6.23. The molecule has 106 valence electrons. The van der Waals surface area contributed by atoms with Crippen LogP contribution in [0.4, 0.5) is 0 Å². The molecule has 20 heavy (non-hydrogen) atoms. The predicted molar refractivity (Wildman–Crippen MR) is 80.8 cm³/mol. The number of aromatic nitrogens is 1. The molecule has 0 amide bonds. The second-order valence-corrected chi connectivity index (χ2v) is 4.98. The number of hydrogen-bond acceptors (Lipinski definition) is 4. The zero-order valence-electron chi connectivity index (χ0n) is 12.0. The lowest BCUT2D eigenvalue weighted by molar-refractivity contribution is 0.261. The van der Waals surface area contributed by atoms with Crippen LogP contribution in [0.2, 0.25) is 0 Å². The molecule has 1 heterocycles. The summed E-state index contributed by atoms with van der Waals surface area (Å²) < 4.78 is 5.66. The maximum Gasteiger partial charge on any atom is 0.119 e. The second-order valence-electron chi connectivity index (χ2n) is 4.98. The van der Waals surface area contributed by atoms with Gasteiger partial charge in [0.05, 0.1) is 6.04 Å². The fourth-order valence-electron chi connectivity index (χ4n) is 1.88. The summed E-state index contributed by atoms with van der Waals surface area (Å²) in [5, 5.41) is 0. The Morgan fingerprint density at radius 2 is 1.65 bits per heavy atom. The van der Waals surface area contributed by atoms with Crippen molar-refractivity contribution in [2.45, 2.75) is 6.04 Å². The van der Waals surface area contributed by atoms with Gasteiger partial charge in [-0.2, -0.15) is 0 Å². The number of hydrogen-bond donors (Lipinski definition) is 1. The van der Waals surface area contributed by atoms with E-state index < -0.39 is 0 Å². The van der Waals surface area contributed by atoms with Crippen LogP contribution in [0.15, 0.2) is 48.8 Å². The Labute approximate surface area is 120 Å². The van der Waals surface area contributed by atoms with Crippen LogP contribution in [0.1, 0.15) is 17.2 Å². The Bertz CT molecular complexity index is 511. The van der Waals surface area contributed by atoms with Crippen molar-refractivity contribution in [3.63, 3.8) is 0 Å². The summed E-state index contributed by atoms with van der Waals surface area (Å²) in [5.41, 5.74) is 8.35. The van der Waals surface area contributed by atoms with Gasteiger partial charge in [0.2, 0.25) is 0 Å². The molecule has 1 atom stereocenters. The molecule has 0 aliphatic carbocycles. The van der Waals surface area contributed by atoms with Crippen molar-refractivity contribution in [2.24, 2.45) is 5.73 Å². The number of benzene rings is 1. The molecule has 1 aromatic carbocycles. The Morgan fingerprint density at radius 3 is 2.25 bits per heavy atom. The van der Waals surface area contributed by atoms with Crippen molar-refractivity contribution in [3.05, 3.63) is 59.9 Å². The lowest BCUT2D eigenvalue weighted by Gasteiger charge is -2.14. The molecule has 4 heteroatoms. The van der Waals surface area contributed by atoms with Gasteiger partial charge in [-0.05, 0) is 49.5 Å². The first kappa shape index (κ1) is 14.5. The molecule has 0 saturated heterocycles. The minimum atomic E-state index is -0.131. The summed E-state index contributed by atoms with van der Waals surface area (Å²) in [6.07, 6.45) is 3.52. The Balaban J connectivity index is 1.97. The van der Waals surface area contributed by atoms with Crippen LogP contribution >= 0.6 is 0 Å². The Morgan fingerprint density at radius 1 is 1.05 bits per heavy atom. The summed E-state index contributed by atoms with van der Waals surface area (Å²) in [6.45, 7) is 1.58. The van der Waals surface area contributed by atoms with Crippen LogP contribution in [0, 0.1) is 0 Å². The molecule has 0 radical (unpaired) electrons. The number of nitrogens with zero attached hydrogens (tertiary/aromatic N) is 2. The van der Waals surface area contributed by atoms with Gasteiger partial charge in [0.15, 0.2) is 0 Å². The quantitative estimate of drug-likeness (QED) is 0.874. The third-order valence-corrected chi connectivity index (χ3v) is 3.11. The van der Waals surface area contributed by atoms with Crippen molar-refractivity contribution in [1.29, 1.82) is 0 Å². The molecule has 4 nitrogen and oxygen atoms in total. The fourth-order valence-corrected chi connectivity index (χ4v) is 1.88. The molecule has 0 aliphatic rings. The van der Waals surface area contributed by atoms with Gasteiger partial charge in [-0.1, -0.05) is 12.1 Å². The smallest absolute Gasteiger partial charge is 0.119 e. The average Bonchev–Trinajstić information content (AvgIpc) is 2.48. The van der Waals surface area contributed by atoms with E-state index >= 15 is 0 Å². The minimum Gasteiger partial charge on any atom is -0.492 e. The Hall–Kier alpha value is -1.91. The van der Waals surface area contributed by atoms with Crippen molar-refractivity contribution in [3.8, 4) is 5.75 Å². The second kappa shape index (κ2) is 7.03. The molecular formula is C16H21N3O. The largest absolute Gasteiger partial charge is 0.492 e. The molecule has 0 aliphatic heterocycles. The summed E-state index contributed by atoms with van der Waals surface area (Å²) in [4.78, 5) is 6.09. The van der Waals surface area contributed by atoms with Gasteiger partial charge < -0.3 is 15.4 Å². The van der Waals surface area contributed by atoms with Crippen LogP contribution in [0.3, 0.4) is 0 Å². The van der Waals surface area contributed by atoms with E-state index in [2.05, 4.69) is 9.88 Å². The number of nitrogens with two attached hydrogens (primary N) is 1. The molecule has 1 aromatic heterocycles. The average molecular weight is 271 g/mol. The molecule has 0 spiro atoms. The van der Waals surface area contributed by atoms with Gasteiger partial charge in [0, 0.05) is 18.9 Å². The van der Waals surface area contributed by atoms with E-state index in [0.717, 1.165) is 23.4 Å². The van der Waals surface area contributed by atoms with Crippen LogP contribution < -0.4 is 10.5 Å². The summed E-state index contributed by atoms with van der Waals surface area (Å²) in [7, 11) is 4.06. The molecule has 2 aromatic rings. The van der Waals surface area contributed by atoms with Gasteiger partial charge in [0.1, 0.15) is 12.4 Å². The standard InChI is InChI=1S/C16H21N3O/c1-19(2)11-12-20-15-5-3-13(4-6-15)16(17)14-7-9-18-10-8-14/h3-10,16H,11-12,17H2,1-2H3. The molecule has 1 unspecified atom stereocenters. The highest BCUT2D eigenvalue weighted by molar-refractivity contribution is 5.34. The van der Waals surface area contributed by atoms with Gasteiger partial charge in [-0.15, -0.1) is 0 Å². The molecular weight excluding hydrogens is 250 g/mol. The van der Waals surface area contributed by atoms with E-state index in [0.29, 0.717) is 6.61 Å². The first-order valence-corrected chi connectivity index (χ1v) is 6.70. The van der Waals surface area contributed by atoms with Crippen molar-refractivity contribution in [2.75, 3.05) is 27.2 Å². The third kappa shape index (κ3) is 4.05. The molecule has 2 N–H and O–H groups in total. The van der Waals surface area contributed by atoms with E-state index in [1.165, 1.54) is 0 Å². The van der Waals surface area contributed by atoms with E-state index in [1.54, 1.807) is 12.4 Å². The number of ether oxygens (including phenoxy) is 1. The molecule has 0 saturated carbocycles. The first-order valence-electron chi connectivity index (χ1n) is 6.70. The maximum absolute atomic E-state index is 6.23. The minimum absolute atomic E-state index is 0.131. The topological polar surface area (TPSA) is 51.4 Å². The molecule has 0 fully saturated rings. The van der Waals surface area contributed by atoms with Crippen molar-refractivity contribution < 1.29 is 4.74 Å². The van der Waals surface area contributed by atoms with Crippen molar-refractivity contribution in [1.82, 2.24) is 9.88 Å². The summed E-state index contributed by atoms with van der Waals surface area (Å²) in [5.74, 6) is 0.873. The summed E-state index contributed by atoms with van der Waals surface area (Å²) in [6, 6.07) is 11.7. The first-order chi connectivity index (χ1) is 9.66. The van der Waals surface area contributed by atoms with Crippen LogP contribution in [0.5, 0.6) is 5.75 Å². The Kier molecular flexibility index (Phi) is 5.09. The van der Waals surface area contributed by atoms with E-state index in [-0.39, 0.29) is 6.04 Å². The molecule has 2 rings (SSSR count). The fraction of sp³-hybridized carbons (Fsp3) is 0.312.